The summed E-state index contributed by atoms with van der Waals surface area (Å²) in [6.07, 6.45) is 5.43. The lowest BCUT2D eigenvalue weighted by Crippen LogP contribution is -2.19. The molecule has 1 atom stereocenters. The molecule has 19 heavy (non-hydrogen) atoms. The Labute approximate surface area is 116 Å². The van der Waals surface area contributed by atoms with Gasteiger partial charge < -0.3 is 9.47 Å². The van der Waals surface area contributed by atoms with E-state index in [4.69, 9.17) is 9.47 Å². The summed E-state index contributed by atoms with van der Waals surface area (Å²) in [4.78, 5) is 22.1. The summed E-state index contributed by atoms with van der Waals surface area (Å²) < 4.78 is 10.3. The minimum atomic E-state index is -0.318. The number of hydrogen-bond donors (Lipinski definition) is 0. The molecule has 0 aliphatic carbocycles. The highest BCUT2D eigenvalue weighted by Crippen LogP contribution is 2.14. The Kier molecular flexibility index (Phi) is 9.85. The lowest BCUT2D eigenvalue weighted by atomic mass is 10.1. The lowest BCUT2D eigenvalue weighted by molar-refractivity contribution is -0.145. The van der Waals surface area contributed by atoms with Crippen LogP contribution in [0.4, 0.5) is 0 Å². The van der Waals surface area contributed by atoms with Gasteiger partial charge in [0.25, 0.3) is 0 Å². The first-order valence-electron chi connectivity index (χ1n) is 6.97. The second kappa shape index (κ2) is 10.6. The summed E-state index contributed by atoms with van der Waals surface area (Å²) in [5, 5.41) is 0. The van der Waals surface area contributed by atoms with Gasteiger partial charge in [0.1, 0.15) is 6.10 Å². The average Bonchev–Trinajstić information content (AvgIpc) is 2.34. The zero-order valence-electron chi connectivity index (χ0n) is 12.4. The van der Waals surface area contributed by atoms with Crippen molar-refractivity contribution in [2.24, 2.45) is 0 Å². The van der Waals surface area contributed by atoms with Crippen molar-refractivity contribution in [2.75, 3.05) is 6.61 Å². The van der Waals surface area contributed by atoms with Crippen LogP contribution in [0, 0.1) is 0 Å². The summed E-state index contributed by atoms with van der Waals surface area (Å²) in [5.74, 6) is -0.572. The zero-order chi connectivity index (χ0) is 14.7. The van der Waals surface area contributed by atoms with E-state index in [2.05, 4.69) is 13.5 Å². The fourth-order valence-electron chi connectivity index (χ4n) is 1.64. The molecule has 0 aromatic heterocycles. The molecule has 0 heterocycles. The predicted octanol–water partition coefficient (Wildman–Crippen LogP) is 3.40. The van der Waals surface area contributed by atoms with Crippen LogP contribution in [-0.4, -0.2) is 24.6 Å². The molecule has 0 amide bonds. The maximum atomic E-state index is 11.5. The van der Waals surface area contributed by atoms with E-state index in [0.717, 1.165) is 38.5 Å². The van der Waals surface area contributed by atoms with E-state index in [1.165, 1.54) is 6.92 Å². The molecule has 0 N–H and O–H groups in total. The SMILES string of the molecule is C=C(C)C(=O)OC(CCCC)CCCCOC(C)=O. The Morgan fingerprint density at radius 1 is 1.11 bits per heavy atom. The van der Waals surface area contributed by atoms with Gasteiger partial charge >= 0.3 is 11.9 Å². The monoisotopic (exact) mass is 270 g/mol. The maximum absolute atomic E-state index is 11.5. The molecule has 0 aliphatic heterocycles. The second-order valence-electron chi connectivity index (χ2n) is 4.79. The molecule has 0 aromatic carbocycles. The standard InChI is InChI=1S/C15H26O4/c1-5-6-9-14(19-15(17)12(2)3)10-7-8-11-18-13(4)16/h14H,2,5-11H2,1,3-4H3. The Bertz CT molecular complexity index is 297. The topological polar surface area (TPSA) is 52.6 Å². The van der Waals surface area contributed by atoms with Crippen molar-refractivity contribution in [1.82, 2.24) is 0 Å². The van der Waals surface area contributed by atoms with Crippen LogP contribution in [0.2, 0.25) is 0 Å². The van der Waals surface area contributed by atoms with Gasteiger partial charge in [0.2, 0.25) is 0 Å². The normalized spacial score (nSPS) is 11.7. The molecule has 0 aromatic rings. The molecule has 4 nitrogen and oxygen atoms in total. The first-order chi connectivity index (χ1) is 8.97. The Morgan fingerprint density at radius 2 is 1.74 bits per heavy atom. The van der Waals surface area contributed by atoms with Gasteiger partial charge in [-0.25, -0.2) is 4.79 Å². The second-order valence-corrected chi connectivity index (χ2v) is 4.79. The number of esters is 2. The van der Waals surface area contributed by atoms with Gasteiger partial charge in [-0.3, -0.25) is 4.79 Å². The fraction of sp³-hybridized carbons (Fsp3) is 0.733. The van der Waals surface area contributed by atoms with Crippen molar-refractivity contribution in [2.45, 2.75) is 65.4 Å². The fourth-order valence-corrected chi connectivity index (χ4v) is 1.64. The van der Waals surface area contributed by atoms with Gasteiger partial charge in [0.05, 0.1) is 6.61 Å². The minimum Gasteiger partial charge on any atom is -0.466 e. The largest absolute Gasteiger partial charge is 0.466 e. The quantitative estimate of drug-likeness (QED) is 0.347. The van der Waals surface area contributed by atoms with Crippen LogP contribution >= 0.6 is 0 Å². The predicted molar refractivity (Wildman–Crippen MR) is 74.7 cm³/mol. The average molecular weight is 270 g/mol. The molecular formula is C15H26O4. The molecule has 0 saturated carbocycles. The molecule has 1 unspecified atom stereocenters. The van der Waals surface area contributed by atoms with E-state index < -0.39 is 0 Å². The number of unbranched alkanes of at least 4 members (excludes halogenated alkanes) is 2. The zero-order valence-corrected chi connectivity index (χ0v) is 12.4. The highest BCUT2D eigenvalue weighted by atomic mass is 16.5. The highest BCUT2D eigenvalue weighted by molar-refractivity contribution is 5.87. The van der Waals surface area contributed by atoms with Crippen molar-refractivity contribution >= 4 is 11.9 Å². The molecule has 0 saturated heterocycles. The third kappa shape index (κ3) is 10.3. The molecule has 0 spiro atoms. The summed E-state index contributed by atoms with van der Waals surface area (Å²) in [5.41, 5.74) is 0.432. The van der Waals surface area contributed by atoms with E-state index in [1.54, 1.807) is 6.92 Å². The summed E-state index contributed by atoms with van der Waals surface area (Å²) >= 11 is 0. The van der Waals surface area contributed by atoms with E-state index in [-0.39, 0.29) is 18.0 Å². The van der Waals surface area contributed by atoms with Gasteiger partial charge in [-0.1, -0.05) is 26.3 Å². The molecule has 0 aliphatic rings. The van der Waals surface area contributed by atoms with Crippen LogP contribution in [0.25, 0.3) is 0 Å². The number of carbonyl (C=O) groups is 2. The van der Waals surface area contributed by atoms with E-state index in [9.17, 15) is 9.59 Å². The highest BCUT2D eigenvalue weighted by Gasteiger charge is 2.14. The summed E-state index contributed by atoms with van der Waals surface area (Å²) in [7, 11) is 0. The number of ether oxygens (including phenoxy) is 2. The van der Waals surface area contributed by atoms with Crippen molar-refractivity contribution in [1.29, 1.82) is 0 Å². The minimum absolute atomic E-state index is 0.0542. The maximum Gasteiger partial charge on any atom is 0.333 e. The van der Waals surface area contributed by atoms with Crippen LogP contribution in [-0.2, 0) is 19.1 Å². The van der Waals surface area contributed by atoms with Crippen LogP contribution < -0.4 is 0 Å². The van der Waals surface area contributed by atoms with E-state index in [0.29, 0.717) is 12.2 Å². The summed E-state index contributed by atoms with van der Waals surface area (Å²) in [6, 6.07) is 0. The van der Waals surface area contributed by atoms with Crippen LogP contribution in [0.5, 0.6) is 0 Å². The first kappa shape index (κ1) is 17.7. The number of hydrogen-bond acceptors (Lipinski definition) is 4. The van der Waals surface area contributed by atoms with Crippen molar-refractivity contribution in [3.63, 3.8) is 0 Å². The van der Waals surface area contributed by atoms with Crippen molar-refractivity contribution < 1.29 is 19.1 Å². The molecule has 0 radical (unpaired) electrons. The van der Waals surface area contributed by atoms with Crippen LogP contribution in [0.3, 0.4) is 0 Å². The Morgan fingerprint density at radius 3 is 2.26 bits per heavy atom. The molecule has 110 valence electrons. The van der Waals surface area contributed by atoms with Gasteiger partial charge in [-0.2, -0.15) is 0 Å². The Balaban J connectivity index is 3.95. The first-order valence-corrected chi connectivity index (χ1v) is 6.97. The van der Waals surface area contributed by atoms with E-state index in [1.807, 2.05) is 0 Å². The van der Waals surface area contributed by atoms with Crippen LogP contribution in [0.15, 0.2) is 12.2 Å². The Hall–Kier alpha value is -1.32. The third-order valence-corrected chi connectivity index (χ3v) is 2.73. The van der Waals surface area contributed by atoms with Gasteiger partial charge in [-0.05, 0) is 32.6 Å². The molecule has 0 bridgehead atoms. The van der Waals surface area contributed by atoms with Crippen LogP contribution in [0.1, 0.15) is 59.3 Å². The number of carbonyl (C=O) groups excluding carboxylic acids is 2. The van der Waals surface area contributed by atoms with Crippen molar-refractivity contribution in [3.8, 4) is 0 Å². The van der Waals surface area contributed by atoms with E-state index >= 15 is 0 Å². The van der Waals surface area contributed by atoms with Gasteiger partial charge in [-0.15, -0.1) is 0 Å². The van der Waals surface area contributed by atoms with Crippen molar-refractivity contribution in [3.05, 3.63) is 12.2 Å². The summed E-state index contributed by atoms with van der Waals surface area (Å²) in [6.45, 7) is 9.18. The van der Waals surface area contributed by atoms with Gasteiger partial charge in [0.15, 0.2) is 0 Å². The van der Waals surface area contributed by atoms with Gasteiger partial charge in [0, 0.05) is 12.5 Å². The molecule has 4 heteroatoms. The number of rotatable bonds is 10. The lowest BCUT2D eigenvalue weighted by Gasteiger charge is -2.17. The molecular weight excluding hydrogens is 244 g/mol. The third-order valence-electron chi connectivity index (χ3n) is 2.73. The smallest absolute Gasteiger partial charge is 0.333 e. The molecule has 0 rings (SSSR count). The molecule has 0 fully saturated rings.